The van der Waals surface area contributed by atoms with Gasteiger partial charge in [-0.25, -0.2) is 4.57 Å². The van der Waals surface area contributed by atoms with Crippen LogP contribution in [-0.4, -0.2) is 4.98 Å². The summed E-state index contributed by atoms with van der Waals surface area (Å²) in [7, 11) is 2.07. The van der Waals surface area contributed by atoms with Crippen LogP contribution in [-0.2, 0) is 7.05 Å². The highest BCUT2D eigenvalue weighted by Gasteiger charge is 2.08. The third-order valence-electron chi connectivity index (χ3n) is 2.96. The number of hydrogen-bond acceptors (Lipinski definition) is 1. The minimum Gasteiger partial charge on any atom is -1.00 e. The van der Waals surface area contributed by atoms with Gasteiger partial charge in [-0.3, -0.25) is 4.98 Å². The van der Waals surface area contributed by atoms with Gasteiger partial charge in [0.05, 0.1) is 0 Å². The second kappa shape index (κ2) is 5.44. The Morgan fingerprint density at radius 1 is 1.00 bits per heavy atom. The fourth-order valence-electron chi connectivity index (χ4n) is 2.11. The van der Waals surface area contributed by atoms with Crippen molar-refractivity contribution in [1.29, 1.82) is 0 Å². The molecular formula is C15H13IN2. The largest absolute Gasteiger partial charge is 1.00 e. The molecule has 1 aromatic carbocycles. The third kappa shape index (κ3) is 2.36. The molecule has 0 aliphatic rings. The van der Waals surface area contributed by atoms with Gasteiger partial charge >= 0.3 is 0 Å². The molecule has 2 aromatic heterocycles. The van der Waals surface area contributed by atoms with Gasteiger partial charge in [-0.05, 0) is 18.2 Å². The highest BCUT2D eigenvalue weighted by atomic mass is 127. The Balaban J connectivity index is 0.00000120. The third-order valence-corrected chi connectivity index (χ3v) is 2.96. The maximum Gasteiger partial charge on any atom is 0.212 e. The Morgan fingerprint density at radius 3 is 2.61 bits per heavy atom. The van der Waals surface area contributed by atoms with Crippen LogP contribution in [0.15, 0.2) is 61.1 Å². The van der Waals surface area contributed by atoms with Gasteiger partial charge in [0.1, 0.15) is 7.05 Å². The summed E-state index contributed by atoms with van der Waals surface area (Å²) in [5, 5.41) is 1.25. The zero-order valence-electron chi connectivity index (χ0n) is 10.0. The maximum absolute atomic E-state index is 4.16. The van der Waals surface area contributed by atoms with Gasteiger partial charge in [-0.2, -0.15) is 0 Å². The fourth-order valence-corrected chi connectivity index (χ4v) is 2.11. The number of fused-ring (bicyclic) bond motifs is 1. The van der Waals surface area contributed by atoms with E-state index in [9.17, 15) is 0 Å². The Bertz CT molecular complexity index is 666. The number of rotatable bonds is 1. The molecule has 0 aliphatic carbocycles. The number of halogens is 1. The SMILES string of the molecule is C[n+]1cc(-c2cccnc2)cc2ccccc21.[I-]. The average Bonchev–Trinajstić information content (AvgIpc) is 2.40. The summed E-state index contributed by atoms with van der Waals surface area (Å²) in [5.41, 5.74) is 3.58. The summed E-state index contributed by atoms with van der Waals surface area (Å²) in [4.78, 5) is 4.16. The molecule has 0 spiro atoms. The van der Waals surface area contributed by atoms with Crippen molar-refractivity contribution >= 4 is 10.9 Å². The molecule has 2 nitrogen and oxygen atoms in total. The van der Waals surface area contributed by atoms with Crippen LogP contribution in [0.3, 0.4) is 0 Å². The molecule has 0 atom stereocenters. The van der Waals surface area contributed by atoms with Crippen LogP contribution in [0.1, 0.15) is 0 Å². The van der Waals surface area contributed by atoms with E-state index in [-0.39, 0.29) is 24.0 Å². The number of pyridine rings is 2. The first-order valence-electron chi connectivity index (χ1n) is 5.63. The maximum atomic E-state index is 4.16. The van der Waals surface area contributed by atoms with Crippen molar-refractivity contribution in [3.8, 4) is 11.1 Å². The summed E-state index contributed by atoms with van der Waals surface area (Å²) < 4.78 is 2.15. The average molecular weight is 348 g/mol. The second-order valence-corrected chi connectivity index (χ2v) is 4.14. The smallest absolute Gasteiger partial charge is 0.212 e. The number of hydrogen-bond donors (Lipinski definition) is 0. The van der Waals surface area contributed by atoms with Crippen molar-refractivity contribution in [1.82, 2.24) is 4.98 Å². The van der Waals surface area contributed by atoms with Gasteiger partial charge in [-0.1, -0.05) is 18.2 Å². The molecule has 2 heterocycles. The Morgan fingerprint density at radius 2 is 1.83 bits per heavy atom. The van der Waals surface area contributed by atoms with Gasteiger partial charge in [0.2, 0.25) is 5.52 Å². The van der Waals surface area contributed by atoms with Crippen molar-refractivity contribution in [2.75, 3.05) is 0 Å². The molecule has 3 aromatic rings. The molecule has 0 N–H and O–H groups in total. The summed E-state index contributed by atoms with van der Waals surface area (Å²) in [6.07, 6.45) is 5.83. The van der Waals surface area contributed by atoms with Gasteiger partial charge in [0.25, 0.3) is 0 Å². The zero-order valence-corrected chi connectivity index (χ0v) is 12.2. The number of nitrogens with zero attached hydrogens (tertiary/aromatic N) is 2. The lowest BCUT2D eigenvalue weighted by atomic mass is 10.1. The monoisotopic (exact) mass is 348 g/mol. The predicted molar refractivity (Wildman–Crippen MR) is 68.4 cm³/mol. The normalized spacial score (nSPS) is 10.1. The van der Waals surface area contributed by atoms with Gasteiger partial charge < -0.3 is 24.0 Å². The topological polar surface area (TPSA) is 16.8 Å². The summed E-state index contributed by atoms with van der Waals surface area (Å²) in [6.45, 7) is 0. The first-order valence-corrected chi connectivity index (χ1v) is 5.63. The van der Waals surface area contributed by atoms with Crippen LogP contribution >= 0.6 is 0 Å². The quantitative estimate of drug-likeness (QED) is 0.437. The van der Waals surface area contributed by atoms with E-state index in [4.69, 9.17) is 0 Å². The van der Waals surface area contributed by atoms with Crippen LogP contribution in [0.5, 0.6) is 0 Å². The predicted octanol–water partition coefficient (Wildman–Crippen LogP) is -0.270. The highest BCUT2D eigenvalue weighted by molar-refractivity contribution is 5.80. The van der Waals surface area contributed by atoms with E-state index in [1.807, 2.05) is 12.3 Å². The van der Waals surface area contributed by atoms with E-state index in [0.29, 0.717) is 0 Å². The standard InChI is InChI=1S/C15H13N2.HI/c1-17-11-14(13-6-4-8-16-10-13)9-12-5-2-3-7-15(12)17;/h2-11H,1H3;1H/q+1;/p-1. The molecule has 18 heavy (non-hydrogen) atoms. The highest BCUT2D eigenvalue weighted by Crippen LogP contribution is 2.20. The number of aryl methyl sites for hydroxylation is 1. The summed E-state index contributed by atoms with van der Waals surface area (Å²) >= 11 is 0. The Kier molecular flexibility index (Phi) is 3.91. The van der Waals surface area contributed by atoms with E-state index >= 15 is 0 Å². The molecule has 0 bridgehead atoms. The molecule has 0 saturated heterocycles. The minimum absolute atomic E-state index is 0. The summed E-state index contributed by atoms with van der Waals surface area (Å²) in [6, 6.07) is 14.6. The summed E-state index contributed by atoms with van der Waals surface area (Å²) in [5.74, 6) is 0. The van der Waals surface area contributed by atoms with Crippen LogP contribution in [0.25, 0.3) is 22.0 Å². The van der Waals surface area contributed by atoms with Crippen molar-refractivity contribution in [2.24, 2.45) is 7.05 Å². The zero-order chi connectivity index (χ0) is 11.7. The van der Waals surface area contributed by atoms with E-state index in [1.165, 1.54) is 16.5 Å². The molecule has 3 heteroatoms. The second-order valence-electron chi connectivity index (χ2n) is 4.14. The molecular weight excluding hydrogens is 335 g/mol. The number of para-hydroxylation sites is 1. The number of aromatic nitrogens is 2. The molecule has 3 rings (SSSR count). The Hall–Kier alpha value is -1.49. The molecule has 0 unspecified atom stereocenters. The molecule has 0 fully saturated rings. The van der Waals surface area contributed by atoms with Gasteiger partial charge in [0, 0.05) is 35.0 Å². The van der Waals surface area contributed by atoms with Gasteiger partial charge in [0.15, 0.2) is 6.20 Å². The molecule has 0 amide bonds. The lowest BCUT2D eigenvalue weighted by Gasteiger charge is -2.02. The lowest BCUT2D eigenvalue weighted by molar-refractivity contribution is -0.644. The van der Waals surface area contributed by atoms with Crippen molar-refractivity contribution in [3.63, 3.8) is 0 Å². The van der Waals surface area contributed by atoms with Crippen LogP contribution in [0.4, 0.5) is 0 Å². The van der Waals surface area contributed by atoms with Crippen molar-refractivity contribution in [3.05, 3.63) is 61.1 Å². The minimum atomic E-state index is 0. The van der Waals surface area contributed by atoms with E-state index in [1.54, 1.807) is 6.20 Å². The first-order chi connectivity index (χ1) is 8.34. The van der Waals surface area contributed by atoms with Crippen molar-refractivity contribution in [2.45, 2.75) is 0 Å². The van der Waals surface area contributed by atoms with Crippen LogP contribution in [0, 0.1) is 0 Å². The van der Waals surface area contributed by atoms with E-state index < -0.39 is 0 Å². The van der Waals surface area contributed by atoms with Crippen molar-refractivity contribution < 1.29 is 28.5 Å². The van der Waals surface area contributed by atoms with Gasteiger partial charge in [-0.15, -0.1) is 0 Å². The van der Waals surface area contributed by atoms with E-state index in [2.05, 4.69) is 59.2 Å². The van der Waals surface area contributed by atoms with E-state index in [0.717, 1.165) is 5.56 Å². The molecule has 0 radical (unpaired) electrons. The Labute approximate surface area is 123 Å². The lowest BCUT2D eigenvalue weighted by Crippen LogP contribution is -3.00. The molecule has 0 saturated carbocycles. The molecule has 90 valence electrons. The van der Waals surface area contributed by atoms with Crippen LogP contribution < -0.4 is 28.5 Å². The fraction of sp³-hybridized carbons (Fsp3) is 0.0667. The van der Waals surface area contributed by atoms with Crippen LogP contribution in [0.2, 0.25) is 0 Å². The number of benzene rings is 1. The first kappa shape index (κ1) is 13.0. The molecule has 0 aliphatic heterocycles.